The largest absolute Gasteiger partial charge is 0.379 e. The molecular weight excluding hydrogens is 436 g/mol. The lowest BCUT2D eigenvalue weighted by Crippen LogP contribution is -2.36. The minimum Gasteiger partial charge on any atom is -0.379 e. The Morgan fingerprint density at radius 1 is 1.10 bits per heavy atom. The van der Waals surface area contributed by atoms with E-state index in [4.69, 9.17) is 16.3 Å². The molecule has 1 saturated heterocycles. The van der Waals surface area contributed by atoms with E-state index in [0.29, 0.717) is 16.7 Å². The molecule has 1 aliphatic rings. The number of halogens is 1. The second kappa shape index (κ2) is 10.7. The van der Waals surface area contributed by atoms with Crippen molar-refractivity contribution in [2.45, 2.75) is 18.2 Å². The minimum atomic E-state index is -0.0724. The second-order valence-electron chi connectivity index (χ2n) is 7.07. The van der Waals surface area contributed by atoms with Crippen LogP contribution in [0.3, 0.4) is 0 Å². The summed E-state index contributed by atoms with van der Waals surface area (Å²) in [4.78, 5) is 14.8. The molecule has 0 saturated carbocycles. The quantitative estimate of drug-likeness (QED) is 0.519. The van der Waals surface area contributed by atoms with Gasteiger partial charge in [-0.3, -0.25) is 9.69 Å². The minimum absolute atomic E-state index is 0.0724. The van der Waals surface area contributed by atoms with E-state index in [1.54, 1.807) is 16.8 Å². The summed E-state index contributed by atoms with van der Waals surface area (Å²) in [6, 6.07) is 15.4. The summed E-state index contributed by atoms with van der Waals surface area (Å²) >= 11 is 7.23. The van der Waals surface area contributed by atoms with Crippen LogP contribution < -0.4 is 5.32 Å². The molecule has 0 unspecified atom stereocenters. The molecular formula is C21H23ClN6O2S. The van der Waals surface area contributed by atoms with Gasteiger partial charge in [0.25, 0.3) is 0 Å². The van der Waals surface area contributed by atoms with Crippen LogP contribution in [-0.2, 0) is 22.6 Å². The van der Waals surface area contributed by atoms with Crippen LogP contribution in [0.2, 0.25) is 5.02 Å². The van der Waals surface area contributed by atoms with Crippen molar-refractivity contribution < 1.29 is 9.53 Å². The maximum absolute atomic E-state index is 12.5. The fourth-order valence-corrected chi connectivity index (χ4v) is 4.12. The number of nitrogens with one attached hydrogen (secondary N) is 1. The fourth-order valence-electron chi connectivity index (χ4n) is 3.27. The Hall–Kier alpha value is -2.46. The third-order valence-electron chi connectivity index (χ3n) is 4.94. The Kier molecular flexibility index (Phi) is 7.52. The van der Waals surface area contributed by atoms with Crippen LogP contribution in [0.1, 0.15) is 11.1 Å². The molecule has 2 aromatic carbocycles. The molecule has 0 radical (unpaired) electrons. The van der Waals surface area contributed by atoms with Crippen molar-refractivity contribution in [3.05, 3.63) is 64.7 Å². The molecule has 1 aliphatic heterocycles. The number of benzene rings is 2. The number of hydrogen-bond acceptors (Lipinski definition) is 7. The number of ether oxygens (including phenoxy) is 1. The van der Waals surface area contributed by atoms with Gasteiger partial charge in [-0.15, -0.1) is 5.10 Å². The monoisotopic (exact) mass is 458 g/mol. The Bertz CT molecular complexity index is 1010. The highest BCUT2D eigenvalue weighted by Gasteiger charge is 2.14. The summed E-state index contributed by atoms with van der Waals surface area (Å²) in [7, 11) is 0. The van der Waals surface area contributed by atoms with E-state index in [0.717, 1.165) is 44.1 Å². The van der Waals surface area contributed by atoms with Crippen molar-refractivity contribution >= 4 is 29.3 Å². The summed E-state index contributed by atoms with van der Waals surface area (Å²) in [5.41, 5.74) is 3.14. The van der Waals surface area contributed by atoms with Crippen LogP contribution in [0.4, 0.5) is 0 Å². The van der Waals surface area contributed by atoms with Gasteiger partial charge < -0.3 is 10.1 Å². The van der Waals surface area contributed by atoms with Gasteiger partial charge in [-0.1, -0.05) is 47.6 Å². The summed E-state index contributed by atoms with van der Waals surface area (Å²) < 4.78 is 7.01. The Morgan fingerprint density at radius 2 is 1.84 bits per heavy atom. The van der Waals surface area contributed by atoms with E-state index < -0.39 is 0 Å². The molecule has 1 amide bonds. The van der Waals surface area contributed by atoms with E-state index in [9.17, 15) is 4.79 Å². The maximum atomic E-state index is 12.5. The number of thioether (sulfide) groups is 1. The molecule has 0 aliphatic carbocycles. The molecule has 162 valence electrons. The number of tetrazole rings is 1. The third-order valence-corrected chi connectivity index (χ3v) is 6.11. The van der Waals surface area contributed by atoms with Gasteiger partial charge >= 0.3 is 0 Å². The van der Waals surface area contributed by atoms with Crippen LogP contribution in [0.15, 0.2) is 53.7 Å². The summed E-state index contributed by atoms with van der Waals surface area (Å²) in [5, 5.41) is 15.9. The van der Waals surface area contributed by atoms with Gasteiger partial charge in [-0.25, -0.2) is 0 Å². The second-order valence-corrected chi connectivity index (χ2v) is 8.45. The molecule has 8 nitrogen and oxygen atoms in total. The van der Waals surface area contributed by atoms with Gasteiger partial charge in [0.2, 0.25) is 11.1 Å². The van der Waals surface area contributed by atoms with Crippen LogP contribution in [0, 0.1) is 0 Å². The Balaban J connectivity index is 1.31. The first kappa shape index (κ1) is 21.8. The van der Waals surface area contributed by atoms with Crippen molar-refractivity contribution in [2.75, 3.05) is 32.1 Å². The molecule has 0 spiro atoms. The molecule has 0 atom stereocenters. The highest BCUT2D eigenvalue weighted by Crippen LogP contribution is 2.19. The Morgan fingerprint density at radius 3 is 2.61 bits per heavy atom. The maximum Gasteiger partial charge on any atom is 0.230 e. The third kappa shape index (κ3) is 6.04. The Labute approximate surface area is 189 Å². The molecule has 10 heteroatoms. The molecule has 31 heavy (non-hydrogen) atoms. The van der Waals surface area contributed by atoms with Crippen LogP contribution >= 0.6 is 23.4 Å². The van der Waals surface area contributed by atoms with Gasteiger partial charge in [0.05, 0.1) is 24.7 Å². The fraction of sp³-hybridized carbons (Fsp3) is 0.333. The van der Waals surface area contributed by atoms with Gasteiger partial charge in [0, 0.05) is 31.2 Å². The number of carbonyl (C=O) groups is 1. The van der Waals surface area contributed by atoms with Crippen LogP contribution in [-0.4, -0.2) is 63.1 Å². The highest BCUT2D eigenvalue weighted by molar-refractivity contribution is 7.99. The van der Waals surface area contributed by atoms with Gasteiger partial charge in [-0.2, -0.15) is 4.68 Å². The molecule has 1 aromatic heterocycles. The first-order chi connectivity index (χ1) is 15.2. The molecule has 2 heterocycles. The average Bonchev–Trinajstić information content (AvgIpc) is 3.27. The van der Waals surface area contributed by atoms with Crippen molar-refractivity contribution in [3.63, 3.8) is 0 Å². The number of nitrogens with zero attached hydrogens (tertiary/aromatic N) is 5. The number of aromatic nitrogens is 4. The van der Waals surface area contributed by atoms with Crippen molar-refractivity contribution in [1.29, 1.82) is 0 Å². The number of morpholine rings is 1. The lowest BCUT2D eigenvalue weighted by molar-refractivity contribution is -0.118. The number of rotatable bonds is 8. The normalized spacial score (nSPS) is 14.5. The zero-order valence-corrected chi connectivity index (χ0v) is 18.5. The van der Waals surface area contributed by atoms with Crippen LogP contribution in [0.25, 0.3) is 5.69 Å². The summed E-state index contributed by atoms with van der Waals surface area (Å²) in [6.45, 7) is 4.75. The first-order valence-corrected chi connectivity index (χ1v) is 11.4. The van der Waals surface area contributed by atoms with Crippen molar-refractivity contribution in [1.82, 2.24) is 30.4 Å². The van der Waals surface area contributed by atoms with Gasteiger partial charge in [0.1, 0.15) is 0 Å². The average molecular weight is 459 g/mol. The molecule has 1 N–H and O–H groups in total. The lowest BCUT2D eigenvalue weighted by Gasteiger charge is -2.27. The number of hydrogen-bond donors (Lipinski definition) is 1. The molecule has 1 fully saturated rings. The number of carbonyl (C=O) groups excluding carboxylic acids is 1. The summed E-state index contributed by atoms with van der Waals surface area (Å²) in [5.74, 6) is 0.149. The van der Waals surface area contributed by atoms with E-state index in [1.807, 2.05) is 24.3 Å². The van der Waals surface area contributed by atoms with Crippen molar-refractivity contribution in [3.8, 4) is 5.69 Å². The predicted molar refractivity (Wildman–Crippen MR) is 119 cm³/mol. The lowest BCUT2D eigenvalue weighted by atomic mass is 10.1. The summed E-state index contributed by atoms with van der Waals surface area (Å²) in [6.07, 6.45) is 0. The van der Waals surface area contributed by atoms with E-state index >= 15 is 0 Å². The number of amides is 1. The predicted octanol–water partition coefficient (Wildman–Crippen LogP) is 2.56. The zero-order chi connectivity index (χ0) is 21.5. The SMILES string of the molecule is O=C(CSc1nnnn1-c1ccc(Cl)cc1)NCc1ccccc1CN1CCOCC1. The molecule has 4 rings (SSSR count). The van der Waals surface area contributed by atoms with E-state index in [-0.39, 0.29) is 11.7 Å². The standard InChI is InChI=1S/C21H23ClN6O2S/c22-18-5-7-19(8-6-18)28-21(24-25-26-28)31-15-20(29)23-13-16-3-1-2-4-17(16)14-27-9-11-30-12-10-27/h1-8H,9-15H2,(H,23,29). The van der Waals surface area contributed by atoms with Gasteiger partial charge in [-0.05, 0) is 45.8 Å². The zero-order valence-electron chi connectivity index (χ0n) is 16.9. The van der Waals surface area contributed by atoms with Crippen molar-refractivity contribution in [2.24, 2.45) is 0 Å². The van der Waals surface area contributed by atoms with E-state index in [2.05, 4.69) is 37.9 Å². The smallest absolute Gasteiger partial charge is 0.230 e. The topological polar surface area (TPSA) is 85.2 Å². The van der Waals surface area contributed by atoms with Crippen LogP contribution in [0.5, 0.6) is 0 Å². The first-order valence-electron chi connectivity index (χ1n) is 10.00. The highest BCUT2D eigenvalue weighted by atomic mass is 35.5. The molecule has 0 bridgehead atoms. The molecule has 3 aromatic rings. The van der Waals surface area contributed by atoms with Gasteiger partial charge in [0.15, 0.2) is 0 Å². The van der Waals surface area contributed by atoms with E-state index in [1.165, 1.54) is 17.3 Å².